The normalized spacial score (nSPS) is 11.4. The summed E-state index contributed by atoms with van der Waals surface area (Å²) in [6.45, 7) is 0. The van der Waals surface area contributed by atoms with Gasteiger partial charge >= 0.3 is 23.9 Å². The van der Waals surface area contributed by atoms with E-state index in [9.17, 15) is 38.4 Å². The zero-order valence-corrected chi connectivity index (χ0v) is 42.5. The second-order valence-electron chi connectivity index (χ2n) is 18.6. The molecule has 20 heteroatoms. The molecule has 0 saturated heterocycles. The summed E-state index contributed by atoms with van der Waals surface area (Å²) in [6.07, 6.45) is 5.37. The summed E-state index contributed by atoms with van der Waals surface area (Å²) in [6, 6.07) is 35.8. The quantitative estimate of drug-likeness (QED) is 0.0339. The number of aliphatic carboxylic acids is 4. The molecule has 10 N–H and O–H groups in total. The Morgan fingerprint density at radius 2 is 0.500 bits per heavy atom. The summed E-state index contributed by atoms with van der Waals surface area (Å²) in [5, 5.41) is 47.6. The lowest BCUT2D eigenvalue weighted by Gasteiger charge is -2.09. The zero-order valence-electron chi connectivity index (χ0n) is 42.5. The number of hydrogen-bond acceptors (Lipinski definition) is 10. The molecule has 4 aromatic carbocycles. The fourth-order valence-corrected chi connectivity index (χ4v) is 9.08. The first-order chi connectivity index (χ1) is 38.5. The molecule has 7 aromatic rings. The molecular formula is C60H50N8O12. The summed E-state index contributed by atoms with van der Waals surface area (Å²) >= 11 is 0. The molecule has 2 aliphatic heterocycles. The van der Waals surface area contributed by atoms with Crippen LogP contribution in [-0.4, -0.2) is 87.9 Å². The summed E-state index contributed by atoms with van der Waals surface area (Å²) in [5.74, 6) is -6.21. The van der Waals surface area contributed by atoms with Gasteiger partial charge in [0.15, 0.2) is 0 Å². The lowest BCUT2D eigenvalue weighted by molar-refractivity contribution is -0.138. The van der Waals surface area contributed by atoms with E-state index in [1.54, 1.807) is 48.5 Å². The van der Waals surface area contributed by atoms with E-state index in [-0.39, 0.29) is 51.4 Å². The van der Waals surface area contributed by atoms with E-state index >= 15 is 0 Å². The Morgan fingerprint density at radius 1 is 0.300 bits per heavy atom. The van der Waals surface area contributed by atoms with E-state index in [0.717, 1.165) is 0 Å². The van der Waals surface area contributed by atoms with Gasteiger partial charge in [-0.2, -0.15) is 0 Å². The number of fused-ring (bicyclic) bond motifs is 8. The summed E-state index contributed by atoms with van der Waals surface area (Å²) < 4.78 is 0. The molecule has 4 amide bonds. The van der Waals surface area contributed by atoms with Crippen molar-refractivity contribution in [2.24, 2.45) is 0 Å². The van der Waals surface area contributed by atoms with E-state index in [1.165, 1.54) is 0 Å². The maximum Gasteiger partial charge on any atom is 0.303 e. The van der Waals surface area contributed by atoms with Crippen molar-refractivity contribution in [2.75, 3.05) is 21.3 Å². The number of aromatic nitrogens is 4. The first-order valence-electron chi connectivity index (χ1n) is 25.2. The third-order valence-corrected chi connectivity index (χ3v) is 12.8. The van der Waals surface area contributed by atoms with Crippen LogP contribution in [0, 0.1) is 0 Å². The van der Waals surface area contributed by atoms with E-state index in [0.29, 0.717) is 112 Å². The second-order valence-corrected chi connectivity index (χ2v) is 18.6. The number of carboxylic acids is 4. The van der Waals surface area contributed by atoms with Crippen LogP contribution < -0.4 is 21.3 Å². The van der Waals surface area contributed by atoms with E-state index in [4.69, 9.17) is 30.4 Å². The molecule has 80 heavy (non-hydrogen) atoms. The molecule has 0 unspecified atom stereocenters. The molecule has 0 saturated carbocycles. The highest BCUT2D eigenvalue weighted by atomic mass is 16.4. The molecule has 0 atom stereocenters. The molecule has 402 valence electrons. The average molecular weight is 1080 g/mol. The van der Waals surface area contributed by atoms with Crippen molar-refractivity contribution in [1.29, 1.82) is 0 Å². The molecule has 8 bridgehead atoms. The number of nitrogens with one attached hydrogen (secondary N) is 6. The SMILES string of the molecule is O=C(O)CCC(=O)Nc1ccc(-c2c3nc(c(-c4ccc(NC(=O)CCC(=O)O)cc4)c4ccc([nH]4)c(-c4ccc(NC(=O)CCC(=O)O)cc4)c4nc(c(-c5ccc(NC(=O)CCC(=O)O)cc5)c5ccc2[nH]5)C=C4)C=C3)cc1. The first kappa shape index (κ1) is 54.0. The van der Waals surface area contributed by atoms with E-state index < -0.39 is 47.5 Å². The van der Waals surface area contributed by atoms with Crippen LogP contribution in [0.15, 0.2) is 121 Å². The Balaban J connectivity index is 1.27. The van der Waals surface area contributed by atoms with E-state index in [2.05, 4.69) is 31.2 Å². The van der Waals surface area contributed by atoms with Gasteiger partial charge in [-0.3, -0.25) is 38.4 Å². The average Bonchev–Trinajstić information content (AvgIpc) is 4.42. The van der Waals surface area contributed by atoms with Crippen molar-refractivity contribution in [3.8, 4) is 44.5 Å². The Hall–Kier alpha value is -10.8. The van der Waals surface area contributed by atoms with Crippen LogP contribution in [0.3, 0.4) is 0 Å². The van der Waals surface area contributed by atoms with Crippen LogP contribution in [0.25, 0.3) is 90.9 Å². The molecule has 0 aliphatic carbocycles. The minimum absolute atomic E-state index is 0.208. The van der Waals surface area contributed by atoms with Gasteiger partial charge in [-0.1, -0.05) is 48.5 Å². The van der Waals surface area contributed by atoms with Crippen molar-refractivity contribution in [3.63, 3.8) is 0 Å². The number of aromatic amines is 2. The standard InChI is InChI=1S/C60H50N8O12/c69-49(25-29-53(73)74)61-37-9-1-33(2-10-37)57-41-17-19-43(65-41)58(34-3-11-38(12-4-34)62-50(70)26-30-54(75)76)45-21-23-47(67-45)60(36-7-15-40(16-8-36)64-52(72)28-32-56(79)80)48-24-22-46(68-48)59(44-20-18-42(57)66-44)35-5-13-39(14-6-35)63-51(71)27-31-55(77)78/h1-24,65,68H,25-32H2,(H,61,69)(H,62,70)(H,63,71)(H,64,72)(H,73,74)(H,75,76)(H,77,78)(H,79,80). The fraction of sp³-hybridized carbons (Fsp3) is 0.133. The van der Waals surface area contributed by atoms with Gasteiger partial charge in [-0.05, 0) is 119 Å². The molecule has 3 aromatic heterocycles. The lowest BCUT2D eigenvalue weighted by atomic mass is 10.0. The van der Waals surface area contributed by atoms with Crippen molar-refractivity contribution in [3.05, 3.63) is 144 Å². The number of carbonyl (C=O) groups is 8. The number of hydrogen-bond donors (Lipinski definition) is 10. The van der Waals surface area contributed by atoms with Crippen LogP contribution in [0.2, 0.25) is 0 Å². The summed E-state index contributed by atoms with van der Waals surface area (Å²) in [5.41, 5.74) is 12.0. The van der Waals surface area contributed by atoms with Crippen molar-refractivity contribution in [1.82, 2.24) is 19.9 Å². The minimum Gasteiger partial charge on any atom is -0.481 e. The van der Waals surface area contributed by atoms with Gasteiger partial charge in [0.2, 0.25) is 23.6 Å². The number of carbonyl (C=O) groups excluding carboxylic acids is 4. The number of benzene rings is 4. The molecule has 20 nitrogen and oxygen atoms in total. The van der Waals surface area contributed by atoms with Crippen LogP contribution in [0.5, 0.6) is 0 Å². The highest BCUT2D eigenvalue weighted by Crippen LogP contribution is 2.39. The fourth-order valence-electron chi connectivity index (χ4n) is 9.08. The Labute approximate surface area is 455 Å². The highest BCUT2D eigenvalue weighted by molar-refractivity contribution is 6.02. The molecular weight excluding hydrogens is 1020 g/mol. The third kappa shape index (κ3) is 13.2. The molecule has 0 radical (unpaired) electrons. The van der Waals surface area contributed by atoms with Gasteiger partial charge in [-0.25, -0.2) is 9.97 Å². The van der Waals surface area contributed by atoms with Crippen LogP contribution >= 0.6 is 0 Å². The predicted octanol–water partition coefficient (Wildman–Crippen LogP) is 10.5. The number of rotatable bonds is 20. The summed E-state index contributed by atoms with van der Waals surface area (Å²) in [7, 11) is 0. The Morgan fingerprint density at radius 3 is 0.688 bits per heavy atom. The molecule has 9 rings (SSSR count). The molecule has 5 heterocycles. The number of H-pyrrole nitrogens is 2. The number of carboxylic acid groups (broad SMARTS) is 4. The van der Waals surface area contributed by atoms with E-state index in [1.807, 2.05) is 97.1 Å². The van der Waals surface area contributed by atoms with Gasteiger partial charge in [0.25, 0.3) is 0 Å². The summed E-state index contributed by atoms with van der Waals surface area (Å²) in [4.78, 5) is 113. The van der Waals surface area contributed by atoms with Crippen LogP contribution in [0.4, 0.5) is 22.7 Å². The van der Waals surface area contributed by atoms with Gasteiger partial charge in [0.05, 0.1) is 48.5 Å². The molecule has 0 spiro atoms. The monoisotopic (exact) mass is 1070 g/mol. The largest absolute Gasteiger partial charge is 0.481 e. The number of amides is 4. The lowest BCUT2D eigenvalue weighted by Crippen LogP contribution is -2.13. The maximum absolute atomic E-state index is 12.7. The number of nitrogens with zero attached hydrogens (tertiary/aromatic N) is 2. The van der Waals surface area contributed by atoms with Crippen LogP contribution in [-0.2, 0) is 38.4 Å². The van der Waals surface area contributed by atoms with Crippen molar-refractivity contribution >= 4 is 117 Å². The minimum atomic E-state index is -1.09. The van der Waals surface area contributed by atoms with Gasteiger partial charge in [-0.15, -0.1) is 0 Å². The second kappa shape index (κ2) is 24.1. The smallest absolute Gasteiger partial charge is 0.303 e. The highest BCUT2D eigenvalue weighted by Gasteiger charge is 2.21. The maximum atomic E-state index is 12.7. The Kier molecular flexibility index (Phi) is 16.3. The predicted molar refractivity (Wildman–Crippen MR) is 303 cm³/mol. The van der Waals surface area contributed by atoms with Gasteiger partial charge in [0.1, 0.15) is 0 Å². The van der Waals surface area contributed by atoms with Crippen molar-refractivity contribution in [2.45, 2.75) is 51.4 Å². The van der Waals surface area contributed by atoms with Gasteiger partial charge < -0.3 is 51.7 Å². The van der Waals surface area contributed by atoms with Gasteiger partial charge in [0, 0.05) is 92.8 Å². The molecule has 2 aliphatic rings. The third-order valence-electron chi connectivity index (χ3n) is 12.8. The molecule has 0 fully saturated rings. The zero-order chi connectivity index (χ0) is 56.5. The topological polar surface area (TPSA) is 323 Å². The number of anilines is 4. The van der Waals surface area contributed by atoms with Crippen molar-refractivity contribution < 1.29 is 58.8 Å². The van der Waals surface area contributed by atoms with Crippen LogP contribution in [0.1, 0.15) is 74.1 Å². The Bertz CT molecular complexity index is 3370. The first-order valence-corrected chi connectivity index (χ1v) is 25.2.